The maximum absolute atomic E-state index is 13.3. The number of alkyl carbamates (subject to hydrolysis) is 1. The van der Waals surface area contributed by atoms with E-state index < -0.39 is 17.1 Å². The highest BCUT2D eigenvalue weighted by molar-refractivity contribution is 6.03. The van der Waals surface area contributed by atoms with Crippen molar-refractivity contribution in [3.63, 3.8) is 0 Å². The molecule has 2 aliphatic rings. The fraction of sp³-hybridized carbons (Fsp3) is 0.429. The van der Waals surface area contributed by atoms with Crippen molar-refractivity contribution < 1.29 is 14.3 Å². The zero-order valence-corrected chi connectivity index (χ0v) is 21.6. The van der Waals surface area contributed by atoms with Crippen LogP contribution in [0.5, 0.6) is 0 Å². The zero-order chi connectivity index (χ0) is 25.7. The SMILES string of the molecule is CC(C)(C)OC(=O)NCC(C)(C)c1cc2cc(NC(=O)C3(c4ccc5c(c4)NCN5)CC3)ccc2[nH]1. The van der Waals surface area contributed by atoms with Crippen LogP contribution in [0.4, 0.5) is 21.9 Å². The fourth-order valence-corrected chi connectivity index (χ4v) is 4.68. The Morgan fingerprint density at radius 3 is 2.44 bits per heavy atom. The molecule has 2 aromatic carbocycles. The number of hydrogen-bond acceptors (Lipinski definition) is 5. The van der Waals surface area contributed by atoms with Gasteiger partial charge in [0.25, 0.3) is 0 Å². The van der Waals surface area contributed by atoms with Gasteiger partial charge in [-0.1, -0.05) is 19.9 Å². The summed E-state index contributed by atoms with van der Waals surface area (Å²) in [4.78, 5) is 28.9. The second-order valence-corrected chi connectivity index (χ2v) is 11.6. The molecule has 0 atom stereocenters. The summed E-state index contributed by atoms with van der Waals surface area (Å²) in [5.41, 5.74) is 4.59. The van der Waals surface area contributed by atoms with Gasteiger partial charge in [0.15, 0.2) is 0 Å². The van der Waals surface area contributed by atoms with Gasteiger partial charge in [0.2, 0.25) is 5.91 Å². The van der Waals surface area contributed by atoms with Crippen LogP contribution in [0.1, 0.15) is 58.7 Å². The van der Waals surface area contributed by atoms with E-state index in [0.29, 0.717) is 13.2 Å². The van der Waals surface area contributed by atoms with Crippen LogP contribution in [0.2, 0.25) is 0 Å². The molecule has 2 heterocycles. The number of fused-ring (bicyclic) bond motifs is 2. The largest absolute Gasteiger partial charge is 0.444 e. The van der Waals surface area contributed by atoms with Crippen molar-refractivity contribution in [3.05, 3.63) is 53.7 Å². The van der Waals surface area contributed by atoms with Crippen molar-refractivity contribution in [2.45, 2.75) is 63.9 Å². The molecule has 1 aliphatic carbocycles. The molecule has 36 heavy (non-hydrogen) atoms. The van der Waals surface area contributed by atoms with Gasteiger partial charge in [-0.05, 0) is 75.6 Å². The first-order chi connectivity index (χ1) is 17.0. The molecule has 0 spiro atoms. The van der Waals surface area contributed by atoms with Gasteiger partial charge in [-0.15, -0.1) is 0 Å². The number of anilines is 3. The van der Waals surface area contributed by atoms with Crippen molar-refractivity contribution in [1.82, 2.24) is 10.3 Å². The highest BCUT2D eigenvalue weighted by atomic mass is 16.6. The molecule has 0 bridgehead atoms. The quantitative estimate of drug-likeness (QED) is 0.317. The third-order valence-corrected chi connectivity index (χ3v) is 7.00. The van der Waals surface area contributed by atoms with Crippen LogP contribution in [-0.4, -0.2) is 35.8 Å². The first-order valence-electron chi connectivity index (χ1n) is 12.5. The molecule has 1 aliphatic heterocycles. The maximum atomic E-state index is 13.3. The Hall–Kier alpha value is -3.68. The first-order valence-corrected chi connectivity index (χ1v) is 12.5. The number of aromatic amines is 1. The molecule has 5 N–H and O–H groups in total. The summed E-state index contributed by atoms with van der Waals surface area (Å²) in [6.07, 6.45) is 1.27. The van der Waals surface area contributed by atoms with E-state index in [0.717, 1.165) is 52.1 Å². The minimum Gasteiger partial charge on any atom is -0.444 e. The molecule has 1 saturated carbocycles. The number of carbonyl (C=O) groups is 2. The van der Waals surface area contributed by atoms with Crippen LogP contribution in [-0.2, 0) is 20.4 Å². The number of H-pyrrole nitrogens is 1. The standard InChI is InChI=1S/C28H35N5O3/c1-26(2,3)36-25(35)29-15-27(4,5)23-13-17-12-19(7-9-20(17)33-23)32-24(34)28(10-11-28)18-6-8-21-22(14-18)31-16-30-21/h6-9,12-14,30-31,33H,10-11,15-16H2,1-5H3,(H,29,35)(H,32,34). The summed E-state index contributed by atoms with van der Waals surface area (Å²) in [7, 11) is 0. The van der Waals surface area contributed by atoms with Crippen LogP contribution >= 0.6 is 0 Å². The number of ether oxygens (including phenoxy) is 1. The second kappa shape index (κ2) is 8.47. The molecule has 2 amide bonds. The van der Waals surface area contributed by atoms with Gasteiger partial charge in [-0.3, -0.25) is 4.79 Å². The second-order valence-electron chi connectivity index (χ2n) is 11.6. The number of nitrogens with one attached hydrogen (secondary N) is 5. The highest BCUT2D eigenvalue weighted by Gasteiger charge is 2.51. The van der Waals surface area contributed by atoms with E-state index >= 15 is 0 Å². The topological polar surface area (TPSA) is 107 Å². The minimum atomic E-state index is -0.538. The predicted octanol–water partition coefficient (Wildman–Crippen LogP) is 5.44. The smallest absolute Gasteiger partial charge is 0.407 e. The highest BCUT2D eigenvalue weighted by Crippen LogP contribution is 2.50. The van der Waals surface area contributed by atoms with Crippen molar-refractivity contribution in [3.8, 4) is 0 Å². The molecule has 1 fully saturated rings. The third-order valence-electron chi connectivity index (χ3n) is 7.00. The Morgan fingerprint density at radius 2 is 1.72 bits per heavy atom. The van der Waals surface area contributed by atoms with Crippen molar-refractivity contribution in [2.75, 3.05) is 29.2 Å². The van der Waals surface area contributed by atoms with Crippen LogP contribution in [0, 0.1) is 0 Å². The Bertz CT molecular complexity index is 1330. The minimum absolute atomic E-state index is 0.0328. The third kappa shape index (κ3) is 4.72. The lowest BCUT2D eigenvalue weighted by molar-refractivity contribution is -0.118. The predicted molar refractivity (Wildman–Crippen MR) is 144 cm³/mol. The van der Waals surface area contributed by atoms with Gasteiger partial charge in [0.05, 0.1) is 23.5 Å². The number of rotatable bonds is 6. The van der Waals surface area contributed by atoms with Crippen LogP contribution in [0.15, 0.2) is 42.5 Å². The summed E-state index contributed by atoms with van der Waals surface area (Å²) in [5.74, 6) is 0.0328. The lowest BCUT2D eigenvalue weighted by Crippen LogP contribution is -2.39. The van der Waals surface area contributed by atoms with Gasteiger partial charge in [-0.2, -0.15) is 0 Å². The number of aromatic nitrogens is 1. The normalized spacial score (nSPS) is 16.0. The van der Waals surface area contributed by atoms with E-state index in [1.807, 2.05) is 45.0 Å². The lowest BCUT2D eigenvalue weighted by Gasteiger charge is -2.25. The van der Waals surface area contributed by atoms with E-state index in [-0.39, 0.29) is 11.3 Å². The Balaban J connectivity index is 1.28. The van der Waals surface area contributed by atoms with Crippen molar-refractivity contribution >= 4 is 40.0 Å². The first kappa shape index (κ1) is 24.0. The number of benzene rings is 2. The molecule has 0 saturated heterocycles. The summed E-state index contributed by atoms with van der Waals surface area (Å²) >= 11 is 0. The molecule has 8 nitrogen and oxygen atoms in total. The average molecular weight is 490 g/mol. The van der Waals surface area contributed by atoms with Crippen LogP contribution < -0.4 is 21.3 Å². The fourth-order valence-electron chi connectivity index (χ4n) is 4.68. The van der Waals surface area contributed by atoms with Gasteiger partial charge in [-0.25, -0.2) is 4.79 Å². The van der Waals surface area contributed by atoms with Gasteiger partial charge in [0.1, 0.15) is 5.60 Å². The summed E-state index contributed by atoms with van der Waals surface area (Å²) < 4.78 is 5.36. The summed E-state index contributed by atoms with van der Waals surface area (Å²) in [6, 6.07) is 14.2. The molecule has 1 aromatic heterocycles. The Kier molecular flexibility index (Phi) is 5.65. The molecule has 8 heteroatoms. The van der Waals surface area contributed by atoms with Gasteiger partial charge >= 0.3 is 6.09 Å². The van der Waals surface area contributed by atoms with E-state index in [4.69, 9.17) is 4.74 Å². The summed E-state index contributed by atoms with van der Waals surface area (Å²) in [6.45, 7) is 10.8. The molecule has 3 aromatic rings. The van der Waals surface area contributed by atoms with Crippen LogP contribution in [0.25, 0.3) is 10.9 Å². The van der Waals surface area contributed by atoms with Crippen molar-refractivity contribution in [1.29, 1.82) is 0 Å². The molecule has 0 unspecified atom stereocenters. The molecule has 5 rings (SSSR count). The average Bonchev–Trinajstić information content (AvgIpc) is 3.28. The van der Waals surface area contributed by atoms with E-state index in [1.165, 1.54) is 0 Å². The number of hydrogen-bond donors (Lipinski definition) is 5. The van der Waals surface area contributed by atoms with Gasteiger partial charge in [0, 0.05) is 34.2 Å². The summed E-state index contributed by atoms with van der Waals surface area (Å²) in [5, 5.41) is 13.6. The van der Waals surface area contributed by atoms with E-state index in [2.05, 4.69) is 58.3 Å². The van der Waals surface area contributed by atoms with E-state index in [9.17, 15) is 9.59 Å². The monoisotopic (exact) mass is 489 g/mol. The van der Waals surface area contributed by atoms with Gasteiger partial charge < -0.3 is 31.0 Å². The lowest BCUT2D eigenvalue weighted by atomic mass is 9.89. The molecular weight excluding hydrogens is 454 g/mol. The number of amides is 2. The van der Waals surface area contributed by atoms with E-state index in [1.54, 1.807) is 0 Å². The molecular formula is C28H35N5O3. The molecule has 190 valence electrons. The number of carbonyl (C=O) groups excluding carboxylic acids is 2. The molecule has 0 radical (unpaired) electrons. The Morgan fingerprint density at radius 1 is 0.972 bits per heavy atom. The zero-order valence-electron chi connectivity index (χ0n) is 21.6. The maximum Gasteiger partial charge on any atom is 0.407 e. The van der Waals surface area contributed by atoms with Crippen LogP contribution in [0.3, 0.4) is 0 Å². The van der Waals surface area contributed by atoms with Crippen molar-refractivity contribution in [2.24, 2.45) is 0 Å². The Labute approximate surface area is 211 Å².